The number of hydrogen-bond donors (Lipinski definition) is 0. The Morgan fingerprint density at radius 2 is 1.96 bits per heavy atom. The Bertz CT molecular complexity index is 689. The van der Waals surface area contributed by atoms with Crippen LogP contribution in [0, 0.1) is 5.92 Å². The number of hydrogen-bond acceptors (Lipinski definition) is 5. The maximum absolute atomic E-state index is 12.6. The summed E-state index contributed by atoms with van der Waals surface area (Å²) < 4.78 is 31.8. The summed E-state index contributed by atoms with van der Waals surface area (Å²) in [5, 5.41) is 0. The lowest BCUT2D eigenvalue weighted by Crippen LogP contribution is -2.43. The fourth-order valence-electron chi connectivity index (χ4n) is 3.60. The molecule has 150 valence electrons. The van der Waals surface area contributed by atoms with Crippen LogP contribution < -0.4 is 5.56 Å². The lowest BCUT2D eigenvalue weighted by atomic mass is 9.96. The molecule has 2 aliphatic rings. The zero-order valence-corrected chi connectivity index (χ0v) is 15.4. The number of aromatic nitrogens is 2. The fourth-order valence-corrected chi connectivity index (χ4v) is 3.60. The molecule has 0 bridgehead atoms. The van der Waals surface area contributed by atoms with Crippen LogP contribution in [0.5, 0.6) is 0 Å². The normalized spacial score (nSPS) is 20.3. The average Bonchev–Trinajstić information content (AvgIpc) is 2.87. The number of piperidine rings is 1. The van der Waals surface area contributed by atoms with Gasteiger partial charge in [0.1, 0.15) is 12.3 Å². The van der Waals surface area contributed by atoms with E-state index in [1.165, 1.54) is 10.9 Å². The van der Waals surface area contributed by atoms with Gasteiger partial charge < -0.3 is 14.5 Å². The molecule has 7 nitrogen and oxygen atoms in total. The Balaban J connectivity index is 1.44. The number of nitrogens with zero attached hydrogens (tertiary/aromatic N) is 4. The Morgan fingerprint density at radius 1 is 1.19 bits per heavy atom. The maximum atomic E-state index is 12.6. The molecule has 0 atom stereocenters. The van der Waals surface area contributed by atoms with Gasteiger partial charge in [0.25, 0.3) is 12.0 Å². The summed E-state index contributed by atoms with van der Waals surface area (Å²) in [6.45, 7) is 5.43. The molecule has 2 aliphatic heterocycles. The van der Waals surface area contributed by atoms with Crippen LogP contribution in [0.1, 0.15) is 31.4 Å². The quantitative estimate of drug-likeness (QED) is 0.736. The molecule has 1 amide bonds. The SMILES string of the molecule is O=C1COCCCN1CCN1CCC(Cn2cnc(C(F)F)cc2=O)CC1. The minimum absolute atomic E-state index is 0.0569. The highest BCUT2D eigenvalue weighted by molar-refractivity contribution is 5.77. The van der Waals surface area contributed by atoms with Crippen molar-refractivity contribution in [2.45, 2.75) is 32.2 Å². The Hall–Kier alpha value is -1.87. The van der Waals surface area contributed by atoms with Crippen molar-refractivity contribution in [3.05, 3.63) is 28.4 Å². The molecule has 0 unspecified atom stereocenters. The van der Waals surface area contributed by atoms with Crippen LogP contribution in [-0.2, 0) is 16.1 Å². The molecule has 0 radical (unpaired) electrons. The van der Waals surface area contributed by atoms with Gasteiger partial charge in [0, 0.05) is 38.9 Å². The standard InChI is InChI=1S/C18H26F2N4O3/c19-18(20)15-10-16(25)24(13-21-15)11-14-2-5-22(6-3-14)7-8-23-4-1-9-27-12-17(23)26/h10,13-14,18H,1-9,11-12H2. The smallest absolute Gasteiger partial charge is 0.280 e. The second-order valence-corrected chi connectivity index (χ2v) is 7.18. The van der Waals surface area contributed by atoms with E-state index in [-0.39, 0.29) is 12.5 Å². The molecule has 9 heteroatoms. The average molecular weight is 384 g/mol. The second kappa shape index (κ2) is 9.36. The molecule has 0 N–H and O–H groups in total. The van der Waals surface area contributed by atoms with E-state index in [0.29, 0.717) is 25.6 Å². The number of carbonyl (C=O) groups is 1. The first-order valence-electron chi connectivity index (χ1n) is 9.45. The summed E-state index contributed by atoms with van der Waals surface area (Å²) in [4.78, 5) is 31.8. The highest BCUT2D eigenvalue weighted by Gasteiger charge is 2.22. The largest absolute Gasteiger partial charge is 0.372 e. The van der Waals surface area contributed by atoms with E-state index < -0.39 is 17.7 Å². The summed E-state index contributed by atoms with van der Waals surface area (Å²) >= 11 is 0. The van der Waals surface area contributed by atoms with Crippen LogP contribution in [0.2, 0.25) is 0 Å². The first-order chi connectivity index (χ1) is 13.0. The number of rotatable bonds is 6. The van der Waals surface area contributed by atoms with Gasteiger partial charge in [-0.15, -0.1) is 0 Å². The van der Waals surface area contributed by atoms with Gasteiger partial charge >= 0.3 is 0 Å². The highest BCUT2D eigenvalue weighted by atomic mass is 19.3. The lowest BCUT2D eigenvalue weighted by Gasteiger charge is -2.33. The molecule has 1 aromatic heterocycles. The molecular formula is C18H26F2N4O3. The van der Waals surface area contributed by atoms with Gasteiger partial charge in [-0.05, 0) is 38.3 Å². The molecule has 0 spiro atoms. The summed E-state index contributed by atoms with van der Waals surface area (Å²) in [7, 11) is 0. The number of amides is 1. The van der Waals surface area contributed by atoms with E-state index in [1.54, 1.807) is 0 Å². The van der Waals surface area contributed by atoms with Crippen LogP contribution in [0.3, 0.4) is 0 Å². The molecular weight excluding hydrogens is 358 g/mol. The molecule has 1 aromatic rings. The summed E-state index contributed by atoms with van der Waals surface area (Å²) in [6, 6.07) is 0.918. The summed E-state index contributed by atoms with van der Waals surface area (Å²) in [5.74, 6) is 0.382. The first kappa shape index (κ1) is 19.9. The van der Waals surface area contributed by atoms with Gasteiger partial charge in [-0.25, -0.2) is 13.8 Å². The second-order valence-electron chi connectivity index (χ2n) is 7.18. The van der Waals surface area contributed by atoms with Gasteiger partial charge in [-0.3, -0.25) is 14.2 Å². The molecule has 3 rings (SSSR count). The van der Waals surface area contributed by atoms with Crippen molar-refractivity contribution < 1.29 is 18.3 Å². The molecule has 2 saturated heterocycles. The van der Waals surface area contributed by atoms with Crippen molar-refractivity contribution in [2.75, 3.05) is 45.9 Å². The van der Waals surface area contributed by atoms with Crippen molar-refractivity contribution in [3.63, 3.8) is 0 Å². The maximum Gasteiger partial charge on any atom is 0.280 e. The van der Waals surface area contributed by atoms with Gasteiger partial charge in [0.05, 0.1) is 6.33 Å². The number of likely N-dealkylation sites (tertiary alicyclic amines) is 1. The minimum Gasteiger partial charge on any atom is -0.372 e. The van der Waals surface area contributed by atoms with Crippen LogP contribution in [0.25, 0.3) is 0 Å². The van der Waals surface area contributed by atoms with Gasteiger partial charge in [0.15, 0.2) is 0 Å². The zero-order chi connectivity index (χ0) is 19.2. The molecule has 27 heavy (non-hydrogen) atoms. The van der Waals surface area contributed by atoms with Crippen LogP contribution in [0.15, 0.2) is 17.2 Å². The van der Waals surface area contributed by atoms with Crippen LogP contribution in [-0.4, -0.2) is 71.2 Å². The molecule has 3 heterocycles. The summed E-state index contributed by atoms with van der Waals surface area (Å²) in [6.07, 6.45) is 1.24. The topological polar surface area (TPSA) is 67.7 Å². The number of halogens is 2. The van der Waals surface area contributed by atoms with Gasteiger partial charge in [0.2, 0.25) is 5.91 Å². The number of ether oxygens (including phenoxy) is 1. The Labute approximate surface area is 156 Å². The summed E-state index contributed by atoms with van der Waals surface area (Å²) in [5.41, 5.74) is -0.899. The fraction of sp³-hybridized carbons (Fsp3) is 0.722. The molecule has 0 aliphatic carbocycles. The van der Waals surface area contributed by atoms with E-state index in [2.05, 4.69) is 9.88 Å². The van der Waals surface area contributed by atoms with Crippen molar-refractivity contribution in [1.29, 1.82) is 0 Å². The lowest BCUT2D eigenvalue weighted by molar-refractivity contribution is -0.134. The van der Waals surface area contributed by atoms with Gasteiger partial charge in [-0.2, -0.15) is 0 Å². The van der Waals surface area contributed by atoms with Crippen molar-refractivity contribution >= 4 is 5.91 Å². The van der Waals surface area contributed by atoms with Crippen molar-refractivity contribution in [3.8, 4) is 0 Å². The third-order valence-corrected chi connectivity index (χ3v) is 5.27. The molecule has 0 aromatic carbocycles. The predicted molar refractivity (Wildman–Crippen MR) is 94.6 cm³/mol. The monoisotopic (exact) mass is 384 g/mol. The van der Waals surface area contributed by atoms with E-state index in [0.717, 1.165) is 51.5 Å². The van der Waals surface area contributed by atoms with E-state index in [4.69, 9.17) is 4.74 Å². The molecule has 0 saturated carbocycles. The van der Waals surface area contributed by atoms with Crippen molar-refractivity contribution in [2.24, 2.45) is 5.92 Å². The zero-order valence-electron chi connectivity index (χ0n) is 15.4. The highest BCUT2D eigenvalue weighted by Crippen LogP contribution is 2.19. The predicted octanol–water partition coefficient (Wildman–Crippen LogP) is 1.14. The minimum atomic E-state index is -2.72. The van der Waals surface area contributed by atoms with E-state index >= 15 is 0 Å². The number of carbonyl (C=O) groups excluding carboxylic acids is 1. The van der Waals surface area contributed by atoms with E-state index in [9.17, 15) is 18.4 Å². The van der Waals surface area contributed by atoms with Gasteiger partial charge in [-0.1, -0.05) is 0 Å². The molecule has 2 fully saturated rings. The third kappa shape index (κ3) is 5.55. The first-order valence-corrected chi connectivity index (χ1v) is 9.45. The van der Waals surface area contributed by atoms with Crippen molar-refractivity contribution in [1.82, 2.24) is 19.4 Å². The van der Waals surface area contributed by atoms with Crippen LogP contribution in [0.4, 0.5) is 8.78 Å². The van der Waals surface area contributed by atoms with E-state index in [1.807, 2.05) is 4.90 Å². The third-order valence-electron chi connectivity index (χ3n) is 5.27. The Morgan fingerprint density at radius 3 is 2.67 bits per heavy atom. The van der Waals surface area contributed by atoms with Crippen LogP contribution >= 0.6 is 0 Å². The Kier molecular flexibility index (Phi) is 6.89. The number of alkyl halides is 2.